The highest BCUT2D eigenvalue weighted by molar-refractivity contribution is 5.30. The highest BCUT2D eigenvalue weighted by atomic mass is 15.5. The van der Waals surface area contributed by atoms with Gasteiger partial charge >= 0.3 is 0 Å². The van der Waals surface area contributed by atoms with Crippen molar-refractivity contribution in [2.75, 3.05) is 7.05 Å². The SMILES string of the molecule is CN(Cc1ccccc1)Cc1nnnn1-c1ccccc1. The van der Waals surface area contributed by atoms with Crippen LogP contribution in [0.1, 0.15) is 11.4 Å². The van der Waals surface area contributed by atoms with Crippen LogP contribution in [-0.2, 0) is 13.1 Å². The molecule has 1 aromatic heterocycles. The third-order valence-electron chi connectivity index (χ3n) is 3.24. The lowest BCUT2D eigenvalue weighted by molar-refractivity contribution is 0.307. The molecule has 0 radical (unpaired) electrons. The molecule has 0 fully saturated rings. The normalized spacial score (nSPS) is 11.0. The maximum absolute atomic E-state index is 4.13. The summed E-state index contributed by atoms with van der Waals surface area (Å²) in [6.07, 6.45) is 0. The Morgan fingerprint density at radius 1 is 0.905 bits per heavy atom. The first-order chi connectivity index (χ1) is 10.3. The van der Waals surface area contributed by atoms with Crippen LogP contribution in [0.3, 0.4) is 0 Å². The first-order valence-corrected chi connectivity index (χ1v) is 6.88. The van der Waals surface area contributed by atoms with E-state index in [4.69, 9.17) is 0 Å². The van der Waals surface area contributed by atoms with Gasteiger partial charge in [0.1, 0.15) is 0 Å². The predicted molar refractivity (Wildman–Crippen MR) is 80.8 cm³/mol. The lowest BCUT2D eigenvalue weighted by Crippen LogP contribution is -2.20. The van der Waals surface area contributed by atoms with E-state index in [-0.39, 0.29) is 0 Å². The third kappa shape index (κ3) is 3.32. The Balaban J connectivity index is 1.73. The molecule has 1 heterocycles. The van der Waals surface area contributed by atoms with Crippen molar-refractivity contribution in [2.45, 2.75) is 13.1 Å². The van der Waals surface area contributed by atoms with Gasteiger partial charge in [-0.1, -0.05) is 48.5 Å². The van der Waals surface area contributed by atoms with Crippen LogP contribution in [0.15, 0.2) is 60.7 Å². The molecule has 0 bridgehead atoms. The smallest absolute Gasteiger partial charge is 0.170 e. The van der Waals surface area contributed by atoms with E-state index >= 15 is 0 Å². The Hall–Kier alpha value is -2.53. The van der Waals surface area contributed by atoms with E-state index in [1.165, 1.54) is 5.56 Å². The van der Waals surface area contributed by atoms with Crippen LogP contribution in [0.4, 0.5) is 0 Å². The Labute approximate surface area is 123 Å². The molecule has 0 spiro atoms. The summed E-state index contributed by atoms with van der Waals surface area (Å²) in [5, 5.41) is 12.0. The molecule has 3 rings (SSSR count). The molecule has 0 atom stereocenters. The molecule has 2 aromatic carbocycles. The zero-order valence-electron chi connectivity index (χ0n) is 11.9. The summed E-state index contributed by atoms with van der Waals surface area (Å²) in [5.74, 6) is 0.833. The summed E-state index contributed by atoms with van der Waals surface area (Å²) < 4.78 is 1.78. The standard InChI is InChI=1S/C16H17N5/c1-20(12-14-8-4-2-5-9-14)13-16-17-18-19-21(16)15-10-6-3-7-11-15/h2-11H,12-13H2,1H3. The van der Waals surface area contributed by atoms with Gasteiger partial charge in [0.2, 0.25) is 0 Å². The fraction of sp³-hybridized carbons (Fsp3) is 0.188. The number of benzene rings is 2. The molecule has 3 aromatic rings. The monoisotopic (exact) mass is 279 g/mol. The number of rotatable bonds is 5. The van der Waals surface area contributed by atoms with Gasteiger partial charge in [0.05, 0.1) is 12.2 Å². The molecule has 0 saturated carbocycles. The summed E-state index contributed by atoms with van der Waals surface area (Å²) in [7, 11) is 2.07. The molecule has 0 unspecified atom stereocenters. The van der Waals surface area contributed by atoms with E-state index in [2.05, 4.69) is 51.7 Å². The second-order valence-corrected chi connectivity index (χ2v) is 5.00. The van der Waals surface area contributed by atoms with Crippen molar-refractivity contribution >= 4 is 0 Å². The number of hydrogen-bond acceptors (Lipinski definition) is 4. The minimum Gasteiger partial charge on any atom is -0.295 e. The third-order valence-corrected chi connectivity index (χ3v) is 3.24. The summed E-state index contributed by atoms with van der Waals surface area (Å²) in [6.45, 7) is 1.55. The molecule has 0 N–H and O–H groups in total. The van der Waals surface area contributed by atoms with Crippen molar-refractivity contribution in [1.29, 1.82) is 0 Å². The Kier molecular flexibility index (Phi) is 4.02. The first-order valence-electron chi connectivity index (χ1n) is 6.88. The van der Waals surface area contributed by atoms with Gasteiger partial charge in [-0.15, -0.1) is 5.10 Å². The number of tetrazole rings is 1. The number of hydrogen-bond donors (Lipinski definition) is 0. The van der Waals surface area contributed by atoms with Crippen LogP contribution < -0.4 is 0 Å². The van der Waals surface area contributed by atoms with Crippen LogP contribution in [0, 0.1) is 0 Å². The molecule has 5 nitrogen and oxygen atoms in total. The maximum atomic E-state index is 4.13. The zero-order valence-corrected chi connectivity index (χ0v) is 11.9. The molecule has 0 saturated heterocycles. The van der Waals surface area contributed by atoms with Crippen molar-refractivity contribution in [3.8, 4) is 5.69 Å². The summed E-state index contributed by atoms with van der Waals surface area (Å²) in [4.78, 5) is 2.19. The van der Waals surface area contributed by atoms with E-state index in [1.54, 1.807) is 4.68 Å². The van der Waals surface area contributed by atoms with E-state index < -0.39 is 0 Å². The molecule has 106 valence electrons. The number of para-hydroxylation sites is 1. The van der Waals surface area contributed by atoms with Gasteiger partial charge in [-0.25, -0.2) is 0 Å². The van der Waals surface area contributed by atoms with E-state index in [1.807, 2.05) is 36.4 Å². The fourth-order valence-electron chi connectivity index (χ4n) is 2.27. The van der Waals surface area contributed by atoms with Crippen molar-refractivity contribution < 1.29 is 0 Å². The fourth-order valence-corrected chi connectivity index (χ4v) is 2.27. The molecule has 21 heavy (non-hydrogen) atoms. The average molecular weight is 279 g/mol. The Morgan fingerprint density at radius 2 is 1.57 bits per heavy atom. The topological polar surface area (TPSA) is 46.8 Å². The van der Waals surface area contributed by atoms with E-state index in [9.17, 15) is 0 Å². The van der Waals surface area contributed by atoms with E-state index in [0.717, 1.165) is 18.1 Å². The van der Waals surface area contributed by atoms with Crippen molar-refractivity contribution in [2.24, 2.45) is 0 Å². The van der Waals surface area contributed by atoms with Crippen molar-refractivity contribution in [3.63, 3.8) is 0 Å². The zero-order chi connectivity index (χ0) is 14.5. The molecule has 0 amide bonds. The van der Waals surface area contributed by atoms with Gasteiger partial charge < -0.3 is 0 Å². The van der Waals surface area contributed by atoms with Crippen LogP contribution in [-0.4, -0.2) is 32.2 Å². The molecular weight excluding hydrogens is 262 g/mol. The highest BCUT2D eigenvalue weighted by Crippen LogP contribution is 2.10. The van der Waals surface area contributed by atoms with Gasteiger partial charge in [0, 0.05) is 6.54 Å². The molecule has 5 heteroatoms. The van der Waals surface area contributed by atoms with Gasteiger partial charge in [-0.3, -0.25) is 4.90 Å². The maximum Gasteiger partial charge on any atom is 0.170 e. The number of aromatic nitrogens is 4. The van der Waals surface area contributed by atoms with Crippen LogP contribution in [0.5, 0.6) is 0 Å². The van der Waals surface area contributed by atoms with Crippen molar-refractivity contribution in [3.05, 3.63) is 72.1 Å². The molecule has 0 aliphatic carbocycles. The summed E-state index contributed by atoms with van der Waals surface area (Å²) >= 11 is 0. The predicted octanol–water partition coefficient (Wildman–Crippen LogP) is 2.29. The van der Waals surface area contributed by atoms with Gasteiger partial charge in [0.25, 0.3) is 0 Å². The van der Waals surface area contributed by atoms with Crippen molar-refractivity contribution in [1.82, 2.24) is 25.1 Å². The lowest BCUT2D eigenvalue weighted by atomic mass is 10.2. The van der Waals surface area contributed by atoms with Crippen LogP contribution in [0.25, 0.3) is 5.69 Å². The minimum absolute atomic E-state index is 0.691. The number of nitrogens with zero attached hydrogens (tertiary/aromatic N) is 5. The molecule has 0 aliphatic rings. The van der Waals surface area contributed by atoms with Crippen LogP contribution >= 0.6 is 0 Å². The second kappa shape index (κ2) is 6.28. The largest absolute Gasteiger partial charge is 0.295 e. The minimum atomic E-state index is 0.691. The Morgan fingerprint density at radius 3 is 2.29 bits per heavy atom. The lowest BCUT2D eigenvalue weighted by Gasteiger charge is -2.16. The average Bonchev–Trinajstić information content (AvgIpc) is 2.97. The summed E-state index contributed by atoms with van der Waals surface area (Å²) in [6, 6.07) is 20.3. The second-order valence-electron chi connectivity index (χ2n) is 5.00. The quantitative estimate of drug-likeness (QED) is 0.719. The molecule has 0 aliphatic heterocycles. The van der Waals surface area contributed by atoms with Gasteiger partial charge in [-0.05, 0) is 35.2 Å². The molecular formula is C16H17N5. The van der Waals surface area contributed by atoms with Gasteiger partial charge in [-0.2, -0.15) is 4.68 Å². The van der Waals surface area contributed by atoms with Crippen LogP contribution in [0.2, 0.25) is 0 Å². The summed E-state index contributed by atoms with van der Waals surface area (Å²) in [5.41, 5.74) is 2.25. The van der Waals surface area contributed by atoms with Gasteiger partial charge in [0.15, 0.2) is 5.82 Å². The Bertz CT molecular complexity index is 678. The van der Waals surface area contributed by atoms with E-state index in [0.29, 0.717) is 6.54 Å². The first kappa shape index (κ1) is 13.5. The highest BCUT2D eigenvalue weighted by Gasteiger charge is 2.10.